The summed E-state index contributed by atoms with van der Waals surface area (Å²) in [7, 11) is 5.04. The molecule has 0 rings (SSSR count). The number of unbranched alkanes of at least 4 members (excludes halogenated alkanes) is 12. The average Bonchev–Trinajstić information content (AvgIpc) is 2.65. The molecule has 0 unspecified atom stereocenters. The van der Waals surface area contributed by atoms with Gasteiger partial charge < -0.3 is 4.74 Å². The molecule has 27 heavy (non-hydrogen) atoms. The normalized spacial score (nSPS) is 11.0. The van der Waals surface area contributed by atoms with E-state index in [2.05, 4.69) is 11.7 Å². The lowest BCUT2D eigenvalue weighted by Gasteiger charge is -2.28. The summed E-state index contributed by atoms with van der Waals surface area (Å²) in [4.78, 5) is 23.6. The van der Waals surface area contributed by atoms with Crippen molar-refractivity contribution in [3.05, 3.63) is 0 Å². The largest absolute Gasteiger partial charge is 0.469 e. The molecular weight excluding hydrogens is 340 g/mol. The number of carbonyl (C=O) groups excluding carboxylic acids is 2. The lowest BCUT2D eigenvalue weighted by atomic mass is 10.0. The summed E-state index contributed by atoms with van der Waals surface area (Å²) in [5.74, 6) is -0.192. The van der Waals surface area contributed by atoms with Crippen LogP contribution in [0.1, 0.15) is 103 Å². The van der Waals surface area contributed by atoms with E-state index in [4.69, 9.17) is 0 Å². The molecule has 0 N–H and O–H groups in total. The van der Waals surface area contributed by atoms with Crippen LogP contribution in [0.4, 0.5) is 0 Å². The molecule has 0 saturated carbocycles. The maximum absolute atomic E-state index is 12.3. The van der Waals surface area contributed by atoms with Gasteiger partial charge in [-0.1, -0.05) is 84.0 Å². The number of hydrogen-bond donors (Lipinski definition) is 0. The molecule has 0 spiro atoms. The van der Waals surface area contributed by atoms with Crippen molar-refractivity contribution in [2.75, 3.05) is 27.7 Å². The zero-order chi connectivity index (χ0) is 20.3. The van der Waals surface area contributed by atoms with Crippen molar-refractivity contribution in [3.8, 4) is 0 Å². The Morgan fingerprint density at radius 3 is 1.56 bits per heavy atom. The summed E-state index contributed by atoms with van der Waals surface area (Å²) in [6, 6.07) is 0. The highest BCUT2D eigenvalue weighted by atomic mass is 16.5. The van der Waals surface area contributed by atoms with Gasteiger partial charge in [-0.2, -0.15) is 0 Å². The Hall–Kier alpha value is -1.10. The SMILES string of the molecule is CCCCCCCCCCCCCCCC(=O)N(CCC(=O)OC)N(C)C. The predicted molar refractivity (Wildman–Crippen MR) is 112 cm³/mol. The second-order valence-electron chi connectivity index (χ2n) is 7.68. The Kier molecular flexibility index (Phi) is 17.5. The highest BCUT2D eigenvalue weighted by Crippen LogP contribution is 2.13. The molecule has 0 aliphatic heterocycles. The van der Waals surface area contributed by atoms with E-state index < -0.39 is 0 Å². The molecule has 0 aromatic rings. The number of amides is 1. The number of methoxy groups -OCH3 is 1. The van der Waals surface area contributed by atoms with Crippen LogP contribution in [0, 0.1) is 0 Å². The van der Waals surface area contributed by atoms with Gasteiger partial charge in [0.25, 0.3) is 0 Å². The summed E-state index contributed by atoms with van der Waals surface area (Å²) in [6.45, 7) is 2.65. The second kappa shape index (κ2) is 18.3. The van der Waals surface area contributed by atoms with E-state index in [1.165, 1.54) is 77.7 Å². The van der Waals surface area contributed by atoms with E-state index in [-0.39, 0.29) is 18.3 Å². The lowest BCUT2D eigenvalue weighted by Crippen LogP contribution is -2.43. The van der Waals surface area contributed by atoms with Crippen LogP contribution in [0.5, 0.6) is 0 Å². The van der Waals surface area contributed by atoms with E-state index in [9.17, 15) is 9.59 Å². The predicted octanol–water partition coefficient (Wildman–Crippen LogP) is 5.34. The summed E-state index contributed by atoms with van der Waals surface area (Å²) in [5.41, 5.74) is 0. The van der Waals surface area contributed by atoms with Crippen molar-refractivity contribution >= 4 is 11.9 Å². The first-order chi connectivity index (χ1) is 13.0. The molecule has 0 fully saturated rings. The van der Waals surface area contributed by atoms with Gasteiger partial charge in [0.1, 0.15) is 0 Å². The van der Waals surface area contributed by atoms with Crippen molar-refractivity contribution in [1.82, 2.24) is 10.0 Å². The summed E-state index contributed by atoms with van der Waals surface area (Å²) < 4.78 is 4.65. The zero-order valence-electron chi connectivity index (χ0n) is 18.4. The molecule has 0 atom stereocenters. The third kappa shape index (κ3) is 15.6. The number of carbonyl (C=O) groups is 2. The van der Waals surface area contributed by atoms with E-state index in [0.29, 0.717) is 13.0 Å². The number of rotatable bonds is 18. The Labute approximate surface area is 167 Å². The van der Waals surface area contributed by atoms with Gasteiger partial charge in [-0.05, 0) is 6.42 Å². The molecule has 0 bridgehead atoms. The molecule has 0 aromatic carbocycles. The molecule has 0 aliphatic rings. The van der Waals surface area contributed by atoms with Crippen LogP contribution in [0.25, 0.3) is 0 Å². The Morgan fingerprint density at radius 1 is 0.704 bits per heavy atom. The number of ether oxygens (including phenoxy) is 1. The van der Waals surface area contributed by atoms with Gasteiger partial charge in [0.05, 0.1) is 13.5 Å². The van der Waals surface area contributed by atoms with Gasteiger partial charge in [-0.3, -0.25) is 14.6 Å². The van der Waals surface area contributed by atoms with Crippen molar-refractivity contribution in [1.29, 1.82) is 0 Å². The fraction of sp³-hybridized carbons (Fsp3) is 0.909. The van der Waals surface area contributed by atoms with E-state index in [1.54, 1.807) is 10.0 Å². The van der Waals surface area contributed by atoms with Crippen LogP contribution < -0.4 is 0 Å². The van der Waals surface area contributed by atoms with Crippen LogP contribution in [-0.2, 0) is 14.3 Å². The summed E-state index contributed by atoms with van der Waals surface area (Å²) in [5, 5.41) is 3.39. The average molecular weight is 385 g/mol. The maximum atomic E-state index is 12.3. The quantitative estimate of drug-likeness (QED) is 0.182. The Morgan fingerprint density at radius 2 is 1.15 bits per heavy atom. The van der Waals surface area contributed by atoms with Gasteiger partial charge in [-0.15, -0.1) is 0 Å². The van der Waals surface area contributed by atoms with Gasteiger partial charge in [0.15, 0.2) is 0 Å². The number of nitrogens with zero attached hydrogens (tertiary/aromatic N) is 2. The van der Waals surface area contributed by atoms with Crippen molar-refractivity contribution in [2.24, 2.45) is 0 Å². The first-order valence-corrected chi connectivity index (χ1v) is 11.1. The van der Waals surface area contributed by atoms with Gasteiger partial charge in [-0.25, -0.2) is 5.01 Å². The van der Waals surface area contributed by atoms with Crippen LogP contribution in [0.15, 0.2) is 0 Å². The first-order valence-electron chi connectivity index (χ1n) is 11.1. The maximum Gasteiger partial charge on any atom is 0.307 e. The standard InChI is InChI=1S/C22H44N2O3/c1-5-6-7-8-9-10-11-12-13-14-15-16-17-18-21(25)24(23(2)3)20-19-22(26)27-4/h5-20H2,1-4H3. The van der Waals surface area contributed by atoms with Crippen molar-refractivity contribution < 1.29 is 14.3 Å². The Balaban J connectivity index is 3.58. The van der Waals surface area contributed by atoms with E-state index >= 15 is 0 Å². The topological polar surface area (TPSA) is 49.9 Å². The van der Waals surface area contributed by atoms with E-state index in [1.807, 2.05) is 14.1 Å². The molecule has 160 valence electrons. The lowest BCUT2D eigenvalue weighted by molar-refractivity contribution is -0.148. The molecule has 5 nitrogen and oxygen atoms in total. The zero-order valence-corrected chi connectivity index (χ0v) is 18.4. The van der Waals surface area contributed by atoms with Crippen LogP contribution >= 0.6 is 0 Å². The highest BCUT2D eigenvalue weighted by Gasteiger charge is 2.16. The molecule has 0 radical (unpaired) electrons. The number of esters is 1. The van der Waals surface area contributed by atoms with Gasteiger partial charge in [0.2, 0.25) is 5.91 Å². The van der Waals surface area contributed by atoms with Crippen LogP contribution in [0.2, 0.25) is 0 Å². The monoisotopic (exact) mass is 384 g/mol. The van der Waals surface area contributed by atoms with Crippen LogP contribution in [0.3, 0.4) is 0 Å². The van der Waals surface area contributed by atoms with Crippen molar-refractivity contribution in [3.63, 3.8) is 0 Å². The second-order valence-corrected chi connectivity index (χ2v) is 7.68. The van der Waals surface area contributed by atoms with Crippen LogP contribution in [-0.4, -0.2) is 49.6 Å². The molecule has 1 amide bonds. The molecule has 0 aliphatic carbocycles. The fourth-order valence-corrected chi connectivity index (χ4v) is 3.27. The minimum absolute atomic E-state index is 0.0898. The number of hydrazine groups is 1. The fourth-order valence-electron chi connectivity index (χ4n) is 3.27. The summed E-state index contributed by atoms with van der Waals surface area (Å²) in [6.07, 6.45) is 17.7. The van der Waals surface area contributed by atoms with Gasteiger partial charge >= 0.3 is 5.97 Å². The Bertz CT molecular complexity index is 373. The van der Waals surface area contributed by atoms with E-state index in [0.717, 1.165) is 12.8 Å². The minimum atomic E-state index is -0.282. The third-order valence-electron chi connectivity index (χ3n) is 5.02. The summed E-state index contributed by atoms with van der Waals surface area (Å²) >= 11 is 0. The molecule has 0 saturated heterocycles. The molecular formula is C22H44N2O3. The number of hydrogen-bond acceptors (Lipinski definition) is 4. The molecule has 0 aromatic heterocycles. The highest BCUT2D eigenvalue weighted by molar-refractivity contribution is 5.76. The minimum Gasteiger partial charge on any atom is -0.469 e. The smallest absolute Gasteiger partial charge is 0.307 e. The molecule has 5 heteroatoms. The third-order valence-corrected chi connectivity index (χ3v) is 5.02. The van der Waals surface area contributed by atoms with Gasteiger partial charge in [0, 0.05) is 27.1 Å². The molecule has 0 heterocycles. The van der Waals surface area contributed by atoms with Crippen molar-refractivity contribution in [2.45, 2.75) is 103 Å². The first kappa shape index (κ1) is 25.9.